The van der Waals surface area contributed by atoms with Crippen molar-refractivity contribution in [2.45, 2.75) is 13.5 Å². The van der Waals surface area contributed by atoms with Crippen molar-refractivity contribution in [1.82, 2.24) is 0 Å². The zero-order valence-electron chi connectivity index (χ0n) is 11.3. The zero-order chi connectivity index (χ0) is 14.7. The fraction of sp³-hybridized carbons (Fsp3) is 0.200. The van der Waals surface area contributed by atoms with Gasteiger partial charge in [-0.05, 0) is 31.2 Å². The fourth-order valence-electron chi connectivity index (χ4n) is 1.98. The molecule has 2 rings (SSSR count). The summed E-state index contributed by atoms with van der Waals surface area (Å²) in [4.78, 5) is 12.8. The predicted molar refractivity (Wildman–Crippen MR) is 73.7 cm³/mol. The van der Waals surface area contributed by atoms with Gasteiger partial charge in [0.15, 0.2) is 0 Å². The molecule has 102 valence electrons. The van der Waals surface area contributed by atoms with Crippen LogP contribution in [0.1, 0.15) is 27.4 Å². The lowest BCUT2D eigenvalue weighted by atomic mass is 10.2. The van der Waals surface area contributed by atoms with Gasteiger partial charge in [0.1, 0.15) is 5.76 Å². The van der Waals surface area contributed by atoms with Crippen LogP contribution in [-0.2, 0) is 6.54 Å². The van der Waals surface area contributed by atoms with Gasteiger partial charge in [0.05, 0.1) is 18.2 Å². The number of hydrogen-bond acceptors (Lipinski definition) is 4. The first kappa shape index (κ1) is 13.7. The Bertz CT molecular complexity index is 683. The van der Waals surface area contributed by atoms with E-state index in [0.717, 1.165) is 5.69 Å². The third-order valence-corrected chi connectivity index (χ3v) is 2.97. The summed E-state index contributed by atoms with van der Waals surface area (Å²) in [7, 11) is 1.86. The molecule has 0 saturated heterocycles. The number of nitrogens with zero attached hydrogens (tertiary/aromatic N) is 2. The standard InChI is InChI=1S/C15H14N2O3/c1-10-6-13(20-14(10)15(18)19)9-17(2)12-5-3-4-11(7-12)8-16/h3-7H,9H2,1-2H3,(H,18,19). The van der Waals surface area contributed by atoms with Gasteiger partial charge in [-0.25, -0.2) is 4.79 Å². The number of rotatable bonds is 4. The molecule has 0 bridgehead atoms. The molecule has 0 spiro atoms. The van der Waals surface area contributed by atoms with Crippen LogP contribution in [0.15, 0.2) is 34.7 Å². The highest BCUT2D eigenvalue weighted by Gasteiger charge is 2.15. The van der Waals surface area contributed by atoms with Crippen LogP contribution in [0, 0.1) is 18.3 Å². The summed E-state index contributed by atoms with van der Waals surface area (Å²) in [5.41, 5.74) is 2.05. The summed E-state index contributed by atoms with van der Waals surface area (Å²) in [6.45, 7) is 2.13. The topological polar surface area (TPSA) is 77.5 Å². The monoisotopic (exact) mass is 270 g/mol. The molecule has 1 heterocycles. The van der Waals surface area contributed by atoms with Gasteiger partial charge in [0.2, 0.25) is 5.76 Å². The Morgan fingerprint density at radius 3 is 2.80 bits per heavy atom. The first-order valence-electron chi connectivity index (χ1n) is 6.05. The van der Waals surface area contributed by atoms with Crippen LogP contribution < -0.4 is 4.90 Å². The first-order chi connectivity index (χ1) is 9.51. The van der Waals surface area contributed by atoms with Crippen LogP contribution in [0.5, 0.6) is 0 Å². The molecule has 0 radical (unpaired) electrons. The normalized spacial score (nSPS) is 10.1. The van der Waals surface area contributed by atoms with Crippen molar-refractivity contribution in [3.8, 4) is 6.07 Å². The summed E-state index contributed by atoms with van der Waals surface area (Å²) < 4.78 is 5.32. The Morgan fingerprint density at radius 1 is 1.45 bits per heavy atom. The SMILES string of the molecule is Cc1cc(CN(C)c2cccc(C#N)c2)oc1C(=O)O. The van der Waals surface area contributed by atoms with Gasteiger partial charge in [-0.15, -0.1) is 0 Å². The van der Waals surface area contributed by atoms with E-state index >= 15 is 0 Å². The highest BCUT2D eigenvalue weighted by atomic mass is 16.4. The summed E-state index contributed by atoms with van der Waals surface area (Å²) in [6.07, 6.45) is 0. The maximum Gasteiger partial charge on any atom is 0.372 e. The Morgan fingerprint density at radius 2 is 2.20 bits per heavy atom. The predicted octanol–water partition coefficient (Wildman–Crippen LogP) is 2.79. The van der Waals surface area contributed by atoms with E-state index in [-0.39, 0.29) is 5.76 Å². The molecular weight excluding hydrogens is 256 g/mol. The van der Waals surface area contributed by atoms with Crippen LogP contribution in [0.4, 0.5) is 5.69 Å². The van der Waals surface area contributed by atoms with E-state index in [9.17, 15) is 4.79 Å². The molecule has 1 aromatic carbocycles. The van der Waals surface area contributed by atoms with Gasteiger partial charge < -0.3 is 14.4 Å². The van der Waals surface area contributed by atoms with Gasteiger partial charge in [-0.2, -0.15) is 5.26 Å². The van der Waals surface area contributed by atoms with E-state index in [1.165, 1.54) is 0 Å². The van der Waals surface area contributed by atoms with E-state index in [4.69, 9.17) is 14.8 Å². The third kappa shape index (κ3) is 2.81. The van der Waals surface area contributed by atoms with Crippen molar-refractivity contribution in [3.63, 3.8) is 0 Å². The summed E-state index contributed by atoms with van der Waals surface area (Å²) in [5, 5.41) is 17.8. The molecule has 0 aliphatic heterocycles. The summed E-state index contributed by atoms with van der Waals surface area (Å²) >= 11 is 0. The maximum atomic E-state index is 10.9. The van der Waals surface area contributed by atoms with E-state index in [1.807, 2.05) is 18.0 Å². The number of carboxylic acid groups (broad SMARTS) is 1. The van der Waals surface area contributed by atoms with Gasteiger partial charge in [-0.1, -0.05) is 6.07 Å². The molecule has 0 atom stereocenters. The Hall–Kier alpha value is -2.74. The lowest BCUT2D eigenvalue weighted by Gasteiger charge is -2.17. The van der Waals surface area contributed by atoms with Crippen molar-refractivity contribution in [2.24, 2.45) is 0 Å². The molecule has 20 heavy (non-hydrogen) atoms. The minimum absolute atomic E-state index is 0.0285. The highest BCUT2D eigenvalue weighted by molar-refractivity contribution is 5.86. The second-order valence-electron chi connectivity index (χ2n) is 4.55. The van der Waals surface area contributed by atoms with Crippen LogP contribution in [0.2, 0.25) is 0 Å². The summed E-state index contributed by atoms with van der Waals surface area (Å²) in [5.74, 6) is -0.521. The van der Waals surface area contributed by atoms with E-state index in [0.29, 0.717) is 23.4 Å². The quantitative estimate of drug-likeness (QED) is 0.924. The Kier molecular flexibility index (Phi) is 3.76. The molecule has 0 fully saturated rings. The summed E-state index contributed by atoms with van der Waals surface area (Å²) in [6, 6.07) is 11.0. The third-order valence-electron chi connectivity index (χ3n) is 2.97. The number of aromatic carboxylic acids is 1. The molecule has 1 N–H and O–H groups in total. The van der Waals surface area contributed by atoms with Crippen molar-refractivity contribution in [3.05, 3.63) is 53.0 Å². The molecule has 0 aliphatic carbocycles. The van der Waals surface area contributed by atoms with Crippen LogP contribution >= 0.6 is 0 Å². The molecule has 5 heteroatoms. The van der Waals surface area contributed by atoms with Gasteiger partial charge in [-0.3, -0.25) is 0 Å². The molecule has 0 aliphatic rings. The van der Waals surface area contributed by atoms with Crippen LogP contribution in [0.3, 0.4) is 0 Å². The number of anilines is 1. The maximum absolute atomic E-state index is 10.9. The average molecular weight is 270 g/mol. The fourth-order valence-corrected chi connectivity index (χ4v) is 1.98. The number of benzene rings is 1. The zero-order valence-corrected chi connectivity index (χ0v) is 11.3. The van der Waals surface area contributed by atoms with Gasteiger partial charge >= 0.3 is 5.97 Å². The molecule has 5 nitrogen and oxygen atoms in total. The minimum Gasteiger partial charge on any atom is -0.475 e. The van der Waals surface area contributed by atoms with E-state index in [1.54, 1.807) is 31.2 Å². The number of hydrogen-bond donors (Lipinski definition) is 1. The average Bonchev–Trinajstić information content (AvgIpc) is 2.79. The van der Waals surface area contributed by atoms with Gasteiger partial charge in [0, 0.05) is 18.3 Å². The van der Waals surface area contributed by atoms with Crippen LogP contribution in [0.25, 0.3) is 0 Å². The van der Waals surface area contributed by atoms with Crippen LogP contribution in [-0.4, -0.2) is 18.1 Å². The second-order valence-corrected chi connectivity index (χ2v) is 4.55. The molecule has 0 saturated carbocycles. The van der Waals surface area contributed by atoms with Crippen molar-refractivity contribution < 1.29 is 14.3 Å². The number of nitriles is 1. The van der Waals surface area contributed by atoms with Crippen molar-refractivity contribution in [2.75, 3.05) is 11.9 Å². The number of carbonyl (C=O) groups is 1. The lowest BCUT2D eigenvalue weighted by Crippen LogP contribution is -2.15. The van der Waals surface area contributed by atoms with Crippen molar-refractivity contribution in [1.29, 1.82) is 5.26 Å². The highest BCUT2D eigenvalue weighted by Crippen LogP contribution is 2.20. The molecular formula is C15H14N2O3. The Labute approximate surface area is 116 Å². The molecule has 2 aromatic rings. The van der Waals surface area contributed by atoms with E-state index < -0.39 is 5.97 Å². The number of carboxylic acids is 1. The largest absolute Gasteiger partial charge is 0.475 e. The van der Waals surface area contributed by atoms with E-state index in [2.05, 4.69) is 6.07 Å². The number of aryl methyl sites for hydroxylation is 1. The second kappa shape index (κ2) is 5.49. The van der Waals surface area contributed by atoms with Gasteiger partial charge in [0.25, 0.3) is 0 Å². The first-order valence-corrected chi connectivity index (χ1v) is 6.05. The molecule has 1 aromatic heterocycles. The Balaban J connectivity index is 2.19. The van der Waals surface area contributed by atoms with Crippen molar-refractivity contribution >= 4 is 11.7 Å². The lowest BCUT2D eigenvalue weighted by molar-refractivity contribution is 0.0659. The number of furan rings is 1. The molecule has 0 amide bonds. The molecule has 0 unspecified atom stereocenters. The minimum atomic E-state index is -1.07. The smallest absolute Gasteiger partial charge is 0.372 e.